The van der Waals surface area contributed by atoms with Gasteiger partial charge in [0.05, 0.1) is 26.4 Å². The smallest absolute Gasteiger partial charge is 0.463 e. The van der Waals surface area contributed by atoms with Gasteiger partial charge in [0.25, 0.3) is 0 Å². The van der Waals surface area contributed by atoms with Gasteiger partial charge in [-0.15, -0.1) is 0 Å². The average Bonchev–Trinajstić information content (AvgIpc) is 0.920. The molecule has 0 aliphatic carbocycles. The van der Waals surface area contributed by atoms with Crippen LogP contribution in [0.5, 0.6) is 0 Å². The van der Waals surface area contributed by atoms with Gasteiger partial charge in [-0.1, -0.05) is 398 Å². The van der Waals surface area contributed by atoms with Gasteiger partial charge in [-0.3, -0.25) is 32.5 Å². The summed E-state index contributed by atoms with van der Waals surface area (Å²) in [6, 6.07) is 0. The van der Waals surface area contributed by atoms with E-state index >= 15 is 0 Å². The summed E-state index contributed by atoms with van der Waals surface area (Å²) in [5, 5.41) is 20.7. The lowest BCUT2D eigenvalue weighted by molar-refractivity contribution is -0.161. The van der Waals surface area contributed by atoms with Crippen LogP contribution in [-0.2, 0) is 55.8 Å². The van der Waals surface area contributed by atoms with Crippen LogP contribution in [0.25, 0.3) is 0 Å². The van der Waals surface area contributed by atoms with E-state index in [4.69, 9.17) is 32.3 Å². The Morgan fingerprint density at radius 3 is 0.726 bits per heavy atom. The van der Waals surface area contributed by atoms with Crippen molar-refractivity contribution in [1.82, 2.24) is 0 Å². The van der Waals surface area contributed by atoms with E-state index in [1.807, 2.05) is 0 Å². The molecule has 0 heterocycles. The minimum absolute atomic E-state index is 0.0954. The minimum atomic E-state index is -4.93. The largest absolute Gasteiger partial charge is 0.472 e. The number of phosphoric ester groups is 2. The summed E-state index contributed by atoms with van der Waals surface area (Å²) in [7, 11) is -9.79. The lowest BCUT2D eigenvalue weighted by Crippen LogP contribution is -2.30. The summed E-state index contributed by atoms with van der Waals surface area (Å²) in [4.78, 5) is 58.8. The molecule has 0 saturated carbocycles. The Morgan fingerprint density at radius 2 is 0.453 bits per heavy atom. The average molecular weight is 1680 g/mol. The number of hydrogen-bond donors (Lipinski definition) is 4. The lowest BCUT2D eigenvalue weighted by Gasteiger charge is -2.21. The first-order valence-electron chi connectivity index (χ1n) is 47.1. The molecule has 5 atom stereocenters. The molecule has 0 aliphatic heterocycles. The van der Waals surface area contributed by atoms with Crippen LogP contribution in [0.3, 0.4) is 0 Å². The van der Waals surface area contributed by atoms with E-state index in [-0.39, 0.29) is 19.3 Å². The number of phosphoric acid groups is 2. The first-order valence-corrected chi connectivity index (χ1v) is 50.1. The quantitative estimate of drug-likeness (QED) is 0.0146. The van der Waals surface area contributed by atoms with Gasteiger partial charge in [0.2, 0.25) is 0 Å². The standard InChI is InChI=1S/C99H172O16P2/c1-4-7-10-13-16-19-22-24-26-28-30-32-34-36-38-40-42-44-46-48-50-52-54-56-58-60-62-64-66-68-71-73-76-79-82-85-97(102)109-88-94(100)89-111-116(105,106)112-90-95(101)91-113-117(107,108)114-93-96(115-99(104)87-84-81-78-75-70-21-18-15-12-9-6-3)92-110-98(103)86-83-80-77-74-72-69-67-65-63-61-59-57-55-53-51-49-47-45-43-41-39-37-35-33-31-29-27-25-23-20-17-14-11-8-5-2/h7-8,10-11,15-20,24-27,30-33,36-39,42,44,94-96,100-101H,4-6,9,12-14,21-23,28-29,34-35,40-41,43,45-93H2,1-3H3,(H,105,106)(H,107,108)/b10-7-,11-8-,18-15-,19-16-,20-17-,26-24-,27-25-,32-30-,33-31-,38-36-,39-37-,44-42-. The van der Waals surface area contributed by atoms with Gasteiger partial charge in [0, 0.05) is 19.3 Å². The Morgan fingerprint density at radius 1 is 0.248 bits per heavy atom. The number of ether oxygens (including phenoxy) is 3. The number of rotatable bonds is 89. The fraction of sp³-hybridized carbons (Fsp3) is 0.727. The van der Waals surface area contributed by atoms with Crippen LogP contribution >= 0.6 is 15.6 Å². The molecule has 0 rings (SSSR count). The highest BCUT2D eigenvalue weighted by Crippen LogP contribution is 2.45. The number of allylic oxidation sites excluding steroid dienone is 24. The molecule has 18 heteroatoms. The summed E-state index contributed by atoms with van der Waals surface area (Å²) < 4.78 is 61.3. The first kappa shape index (κ1) is 112. The Bertz CT molecular complexity index is 2710. The van der Waals surface area contributed by atoms with E-state index in [0.717, 1.165) is 148 Å². The van der Waals surface area contributed by atoms with E-state index in [1.54, 1.807) is 0 Å². The molecule has 0 radical (unpaired) electrons. The normalized spacial score (nSPS) is 14.4. The van der Waals surface area contributed by atoms with Crippen molar-refractivity contribution in [2.75, 3.05) is 39.6 Å². The summed E-state index contributed by atoms with van der Waals surface area (Å²) >= 11 is 0. The molecular weight excluding hydrogens is 1510 g/mol. The van der Waals surface area contributed by atoms with Crippen LogP contribution in [-0.4, -0.2) is 95.9 Å². The second-order valence-electron chi connectivity index (χ2n) is 31.4. The Kier molecular flexibility index (Phi) is 87.1. The van der Waals surface area contributed by atoms with Gasteiger partial charge in [0.15, 0.2) is 6.10 Å². The monoisotopic (exact) mass is 1680 g/mol. The molecule has 0 amide bonds. The summed E-state index contributed by atoms with van der Waals surface area (Å²) in [5.41, 5.74) is 0. The molecule has 5 unspecified atom stereocenters. The minimum Gasteiger partial charge on any atom is -0.463 e. The van der Waals surface area contributed by atoms with Gasteiger partial charge in [-0.25, -0.2) is 9.13 Å². The second kappa shape index (κ2) is 90.7. The summed E-state index contributed by atoms with van der Waals surface area (Å²) in [6.07, 6.45) is 115. The van der Waals surface area contributed by atoms with Crippen LogP contribution in [0.15, 0.2) is 146 Å². The SMILES string of the molecule is CC/C=C\C/C=C\C/C=C\C/C=C\C/C=C\C/C=C\CCCCCCCCCCCCCCCCCCC(=O)OCC(O)COP(=O)(O)OCC(O)COP(=O)(O)OCC(COC(=O)CCCCCCCCCCCCCCCCCCCCC/C=C\C/C=C\C/C=C\C/C=C\C/C=C\CC)OC(=O)CCCCCCC/C=C\CCCC. The number of aliphatic hydroxyl groups excluding tert-OH is 2. The van der Waals surface area contributed by atoms with Gasteiger partial charge in [-0.05, 0) is 135 Å². The zero-order valence-electron chi connectivity index (χ0n) is 74.3. The molecule has 0 spiro atoms. The molecule has 674 valence electrons. The van der Waals surface area contributed by atoms with Crippen molar-refractivity contribution in [1.29, 1.82) is 0 Å². The molecule has 0 aromatic heterocycles. The van der Waals surface area contributed by atoms with Gasteiger partial charge >= 0.3 is 33.6 Å². The van der Waals surface area contributed by atoms with Crippen LogP contribution in [0, 0.1) is 0 Å². The van der Waals surface area contributed by atoms with E-state index < -0.39 is 91.5 Å². The molecule has 0 saturated heterocycles. The number of unbranched alkanes of at least 4 members (excludes halogenated alkanes) is 42. The molecule has 0 aromatic rings. The molecule has 0 fully saturated rings. The Labute approximate surface area is 715 Å². The third-order valence-electron chi connectivity index (χ3n) is 20.0. The van der Waals surface area contributed by atoms with E-state index in [9.17, 15) is 43.5 Å². The number of esters is 3. The number of carbonyl (C=O) groups is 3. The van der Waals surface area contributed by atoms with Crippen molar-refractivity contribution in [3.8, 4) is 0 Å². The topological polar surface area (TPSA) is 231 Å². The molecule has 0 bridgehead atoms. The third-order valence-corrected chi connectivity index (χ3v) is 21.9. The second-order valence-corrected chi connectivity index (χ2v) is 34.3. The Hall–Kier alpha value is -4.57. The van der Waals surface area contributed by atoms with E-state index in [1.165, 1.54) is 199 Å². The number of aliphatic hydroxyl groups is 2. The maximum absolute atomic E-state index is 13.0. The number of carbonyl (C=O) groups excluding carboxylic acids is 3. The molecule has 16 nitrogen and oxygen atoms in total. The van der Waals surface area contributed by atoms with Gasteiger partial charge < -0.3 is 34.2 Å². The predicted molar refractivity (Wildman–Crippen MR) is 491 cm³/mol. The van der Waals surface area contributed by atoms with Crippen LogP contribution in [0.2, 0.25) is 0 Å². The zero-order valence-corrected chi connectivity index (χ0v) is 76.1. The van der Waals surface area contributed by atoms with Crippen molar-refractivity contribution in [3.63, 3.8) is 0 Å². The van der Waals surface area contributed by atoms with Crippen LogP contribution < -0.4 is 0 Å². The predicted octanol–water partition coefficient (Wildman–Crippen LogP) is 29.1. The molecular formula is C99H172O16P2. The molecule has 0 aromatic carbocycles. The van der Waals surface area contributed by atoms with Gasteiger partial charge in [0.1, 0.15) is 25.4 Å². The van der Waals surface area contributed by atoms with Crippen molar-refractivity contribution in [2.24, 2.45) is 0 Å². The van der Waals surface area contributed by atoms with Crippen molar-refractivity contribution < 1.29 is 75.8 Å². The van der Waals surface area contributed by atoms with Crippen molar-refractivity contribution in [3.05, 3.63) is 146 Å². The highest BCUT2D eigenvalue weighted by molar-refractivity contribution is 7.47. The third kappa shape index (κ3) is 92.0. The maximum Gasteiger partial charge on any atom is 0.472 e. The molecule has 117 heavy (non-hydrogen) atoms. The van der Waals surface area contributed by atoms with Crippen molar-refractivity contribution >= 4 is 33.6 Å². The zero-order chi connectivity index (χ0) is 85.1. The number of hydrogen-bond acceptors (Lipinski definition) is 14. The lowest BCUT2D eigenvalue weighted by atomic mass is 10.0. The summed E-state index contributed by atoms with van der Waals surface area (Å²) in [5.74, 6) is -1.57. The fourth-order valence-electron chi connectivity index (χ4n) is 12.9. The molecule has 0 aliphatic rings. The van der Waals surface area contributed by atoms with Crippen LogP contribution in [0.4, 0.5) is 0 Å². The van der Waals surface area contributed by atoms with Gasteiger partial charge in [-0.2, -0.15) is 0 Å². The van der Waals surface area contributed by atoms with E-state index in [2.05, 4.69) is 167 Å². The first-order chi connectivity index (χ1) is 57.2. The van der Waals surface area contributed by atoms with E-state index in [0.29, 0.717) is 19.3 Å². The fourth-order valence-corrected chi connectivity index (χ4v) is 14.5. The Balaban J connectivity index is 4.30. The van der Waals surface area contributed by atoms with Crippen molar-refractivity contribution in [2.45, 2.75) is 424 Å². The maximum atomic E-state index is 13.0. The highest BCUT2D eigenvalue weighted by Gasteiger charge is 2.30. The summed E-state index contributed by atoms with van der Waals surface area (Å²) in [6.45, 7) is 2.45. The molecule has 4 N–H and O–H groups in total. The highest BCUT2D eigenvalue weighted by atomic mass is 31.2. The van der Waals surface area contributed by atoms with Crippen LogP contribution in [0.1, 0.15) is 406 Å².